The van der Waals surface area contributed by atoms with E-state index >= 15 is 0 Å². The lowest BCUT2D eigenvalue weighted by atomic mass is 10.1. The van der Waals surface area contributed by atoms with Gasteiger partial charge in [-0.3, -0.25) is 0 Å². The molecule has 0 radical (unpaired) electrons. The monoisotopic (exact) mass is 331 g/mol. The highest BCUT2D eigenvalue weighted by Crippen LogP contribution is 2.30. The van der Waals surface area contributed by atoms with Gasteiger partial charge in [-0.25, -0.2) is 8.78 Å². The van der Waals surface area contributed by atoms with Crippen molar-refractivity contribution in [1.82, 2.24) is 5.32 Å². The first kappa shape index (κ1) is 13.6. The molecule has 0 amide bonds. The maximum absolute atomic E-state index is 13.3. The van der Waals surface area contributed by atoms with Crippen molar-refractivity contribution < 1.29 is 8.78 Å². The van der Waals surface area contributed by atoms with Gasteiger partial charge in [-0.1, -0.05) is 13.0 Å². The molecule has 1 atom stereocenters. The molecule has 2 rings (SSSR count). The highest BCUT2D eigenvalue weighted by atomic mass is 79.9. The third-order valence-corrected chi connectivity index (χ3v) is 4.32. The van der Waals surface area contributed by atoms with E-state index in [1.54, 1.807) is 17.4 Å². The largest absolute Gasteiger partial charge is 0.306 e. The summed E-state index contributed by atoms with van der Waals surface area (Å²) >= 11 is 4.98. The highest BCUT2D eigenvalue weighted by molar-refractivity contribution is 9.10. The summed E-state index contributed by atoms with van der Waals surface area (Å²) in [5.41, 5.74) is 0.727. The first-order valence-corrected chi connectivity index (χ1v) is 7.21. The van der Waals surface area contributed by atoms with Gasteiger partial charge in [0.2, 0.25) is 0 Å². The summed E-state index contributed by atoms with van der Waals surface area (Å²) in [5.74, 6) is -1.63. The van der Waals surface area contributed by atoms with Crippen LogP contribution in [0.25, 0.3) is 0 Å². The zero-order valence-electron chi connectivity index (χ0n) is 9.71. The SMILES string of the molecule is CCNC(c1ccc(F)c(F)c1)c1cc(Br)cs1. The van der Waals surface area contributed by atoms with Crippen LogP contribution in [0.2, 0.25) is 0 Å². The van der Waals surface area contributed by atoms with Gasteiger partial charge >= 0.3 is 0 Å². The predicted octanol–water partition coefficient (Wildman–Crippen LogP) is 4.49. The van der Waals surface area contributed by atoms with Gasteiger partial charge in [-0.2, -0.15) is 0 Å². The lowest BCUT2D eigenvalue weighted by Crippen LogP contribution is -2.21. The third kappa shape index (κ3) is 2.96. The van der Waals surface area contributed by atoms with E-state index in [1.807, 2.05) is 18.4 Å². The van der Waals surface area contributed by atoms with Crippen LogP contribution in [0.15, 0.2) is 34.1 Å². The van der Waals surface area contributed by atoms with Crippen LogP contribution in [0.3, 0.4) is 0 Å². The van der Waals surface area contributed by atoms with Crippen molar-refractivity contribution in [1.29, 1.82) is 0 Å². The zero-order valence-corrected chi connectivity index (χ0v) is 12.1. The summed E-state index contributed by atoms with van der Waals surface area (Å²) in [6.07, 6.45) is 0. The number of hydrogen-bond acceptors (Lipinski definition) is 2. The fraction of sp³-hybridized carbons (Fsp3) is 0.231. The zero-order chi connectivity index (χ0) is 13.1. The van der Waals surface area contributed by atoms with Gasteiger partial charge in [0.25, 0.3) is 0 Å². The average molecular weight is 332 g/mol. The third-order valence-electron chi connectivity index (χ3n) is 2.56. The van der Waals surface area contributed by atoms with Crippen molar-refractivity contribution in [2.45, 2.75) is 13.0 Å². The van der Waals surface area contributed by atoms with Crippen LogP contribution < -0.4 is 5.32 Å². The molecule has 2 aromatic rings. The van der Waals surface area contributed by atoms with Crippen molar-refractivity contribution >= 4 is 27.3 Å². The number of nitrogens with one attached hydrogen (secondary N) is 1. The molecule has 0 aliphatic carbocycles. The van der Waals surface area contributed by atoms with Gasteiger partial charge in [0, 0.05) is 14.7 Å². The quantitative estimate of drug-likeness (QED) is 0.870. The Hall–Kier alpha value is -0.780. The Morgan fingerprint density at radius 1 is 1.28 bits per heavy atom. The van der Waals surface area contributed by atoms with Crippen LogP contribution in [-0.4, -0.2) is 6.54 Å². The van der Waals surface area contributed by atoms with Crippen LogP contribution in [0.1, 0.15) is 23.4 Å². The summed E-state index contributed by atoms with van der Waals surface area (Å²) in [5, 5.41) is 5.25. The van der Waals surface area contributed by atoms with Crippen molar-refractivity contribution in [2.75, 3.05) is 6.54 Å². The summed E-state index contributed by atoms with van der Waals surface area (Å²) in [4.78, 5) is 1.06. The Labute approximate surface area is 117 Å². The first-order chi connectivity index (χ1) is 8.61. The average Bonchev–Trinajstić information content (AvgIpc) is 2.76. The molecule has 0 fully saturated rings. The molecule has 0 aliphatic heterocycles. The number of hydrogen-bond donors (Lipinski definition) is 1. The van der Waals surface area contributed by atoms with Crippen molar-refractivity contribution in [3.05, 3.63) is 56.2 Å². The Balaban J connectivity index is 2.37. The normalized spacial score (nSPS) is 12.7. The van der Waals surface area contributed by atoms with Crippen molar-refractivity contribution in [3.63, 3.8) is 0 Å². The van der Waals surface area contributed by atoms with Crippen LogP contribution in [0, 0.1) is 11.6 Å². The van der Waals surface area contributed by atoms with E-state index in [9.17, 15) is 8.78 Å². The molecule has 18 heavy (non-hydrogen) atoms. The van der Waals surface area contributed by atoms with E-state index in [0.717, 1.165) is 27.5 Å². The van der Waals surface area contributed by atoms with E-state index in [-0.39, 0.29) is 6.04 Å². The molecular weight excluding hydrogens is 320 g/mol. The molecule has 1 nitrogen and oxygen atoms in total. The van der Waals surface area contributed by atoms with Crippen LogP contribution in [-0.2, 0) is 0 Å². The number of halogens is 3. The second-order valence-electron chi connectivity index (χ2n) is 3.83. The van der Waals surface area contributed by atoms with E-state index in [2.05, 4.69) is 21.2 Å². The van der Waals surface area contributed by atoms with E-state index < -0.39 is 11.6 Å². The fourth-order valence-electron chi connectivity index (χ4n) is 1.76. The first-order valence-electron chi connectivity index (χ1n) is 5.54. The maximum Gasteiger partial charge on any atom is 0.159 e. The molecule has 0 aliphatic rings. The second-order valence-corrected chi connectivity index (χ2v) is 5.69. The predicted molar refractivity (Wildman–Crippen MR) is 73.9 cm³/mol. The Morgan fingerprint density at radius 2 is 2.06 bits per heavy atom. The Kier molecular flexibility index (Phi) is 4.48. The lowest BCUT2D eigenvalue weighted by Gasteiger charge is -2.17. The molecule has 0 bridgehead atoms. The van der Waals surface area contributed by atoms with Crippen molar-refractivity contribution in [3.8, 4) is 0 Å². The van der Waals surface area contributed by atoms with Crippen molar-refractivity contribution in [2.24, 2.45) is 0 Å². The molecule has 0 spiro atoms. The number of benzene rings is 1. The fourth-order valence-corrected chi connectivity index (χ4v) is 3.30. The van der Waals surface area contributed by atoms with Gasteiger partial charge < -0.3 is 5.32 Å². The maximum atomic E-state index is 13.3. The Morgan fingerprint density at radius 3 is 2.61 bits per heavy atom. The smallest absolute Gasteiger partial charge is 0.159 e. The van der Waals surface area contributed by atoms with E-state index in [1.165, 1.54) is 6.07 Å². The molecule has 96 valence electrons. The molecule has 1 aromatic heterocycles. The molecule has 0 saturated heterocycles. The molecule has 1 unspecified atom stereocenters. The van der Waals surface area contributed by atoms with Gasteiger partial charge in [0.1, 0.15) is 0 Å². The van der Waals surface area contributed by atoms with Gasteiger partial charge in [-0.15, -0.1) is 11.3 Å². The molecule has 1 aromatic carbocycles. The topological polar surface area (TPSA) is 12.0 Å². The summed E-state index contributed by atoms with van der Waals surface area (Å²) in [6.45, 7) is 2.73. The van der Waals surface area contributed by atoms with Crippen LogP contribution in [0.4, 0.5) is 8.78 Å². The number of thiophene rings is 1. The standard InChI is InChI=1S/C13H12BrF2NS/c1-2-17-13(12-6-9(14)7-18-12)8-3-4-10(15)11(16)5-8/h3-7,13,17H,2H2,1H3. The minimum absolute atomic E-state index is 0.110. The van der Waals surface area contributed by atoms with Gasteiger partial charge in [-0.05, 0) is 46.2 Å². The van der Waals surface area contributed by atoms with Gasteiger partial charge in [0.05, 0.1) is 6.04 Å². The van der Waals surface area contributed by atoms with Crippen LogP contribution >= 0.6 is 27.3 Å². The van der Waals surface area contributed by atoms with E-state index in [4.69, 9.17) is 0 Å². The minimum Gasteiger partial charge on any atom is -0.306 e. The summed E-state index contributed by atoms with van der Waals surface area (Å²) in [7, 11) is 0. The lowest BCUT2D eigenvalue weighted by molar-refractivity contribution is 0.504. The molecular formula is C13H12BrF2NS. The molecule has 0 saturated carbocycles. The number of rotatable bonds is 4. The minimum atomic E-state index is -0.818. The molecule has 5 heteroatoms. The van der Waals surface area contributed by atoms with Crippen LogP contribution in [0.5, 0.6) is 0 Å². The highest BCUT2D eigenvalue weighted by Gasteiger charge is 2.16. The summed E-state index contributed by atoms with van der Waals surface area (Å²) < 4.78 is 27.2. The van der Waals surface area contributed by atoms with E-state index in [0.29, 0.717) is 0 Å². The Bertz CT molecular complexity index is 542. The van der Waals surface area contributed by atoms with Gasteiger partial charge in [0.15, 0.2) is 11.6 Å². The molecule has 1 N–H and O–H groups in total. The summed E-state index contributed by atoms with van der Waals surface area (Å²) in [6, 6.07) is 5.90. The molecule has 1 heterocycles. The second kappa shape index (κ2) is 5.91.